The van der Waals surface area contributed by atoms with E-state index in [1.54, 1.807) is 6.20 Å². The van der Waals surface area contributed by atoms with Crippen LogP contribution in [0.4, 0.5) is 0 Å². The van der Waals surface area contributed by atoms with Crippen LogP contribution in [0.5, 0.6) is 0 Å². The molecule has 0 aliphatic carbocycles. The van der Waals surface area contributed by atoms with Crippen LogP contribution in [-0.2, 0) is 0 Å². The summed E-state index contributed by atoms with van der Waals surface area (Å²) in [5, 5.41) is 1.05. The maximum atomic E-state index is 4.53. The lowest BCUT2D eigenvalue weighted by Crippen LogP contribution is -1.91. The standard InChI is InChI=1S/C14H11N3/c1-10-5-6-11-7-8-13(17-14(11)16-10)12-4-2-3-9-15-12/h2-9H,1H3. The Hall–Kier alpha value is -2.29. The number of nitrogens with zero attached hydrogens (tertiary/aromatic N) is 3. The lowest BCUT2D eigenvalue weighted by atomic mass is 10.2. The van der Waals surface area contributed by atoms with Crippen LogP contribution in [-0.4, -0.2) is 15.0 Å². The molecule has 0 amide bonds. The topological polar surface area (TPSA) is 38.7 Å². The molecule has 3 aromatic heterocycles. The van der Waals surface area contributed by atoms with E-state index >= 15 is 0 Å². The second-order valence-corrected chi connectivity index (χ2v) is 3.91. The van der Waals surface area contributed by atoms with Gasteiger partial charge in [0.05, 0.1) is 11.4 Å². The Morgan fingerprint density at radius 3 is 2.53 bits per heavy atom. The Kier molecular flexibility index (Phi) is 2.29. The number of hydrogen-bond acceptors (Lipinski definition) is 3. The highest BCUT2D eigenvalue weighted by Gasteiger charge is 2.02. The average molecular weight is 221 g/mol. The summed E-state index contributed by atoms with van der Waals surface area (Å²) in [7, 11) is 0. The molecule has 0 aliphatic rings. The fourth-order valence-electron chi connectivity index (χ4n) is 1.75. The third kappa shape index (κ3) is 1.87. The molecule has 3 rings (SSSR count). The molecule has 0 saturated carbocycles. The Labute approximate surface area is 99.2 Å². The highest BCUT2D eigenvalue weighted by molar-refractivity contribution is 5.77. The molecule has 0 N–H and O–H groups in total. The zero-order chi connectivity index (χ0) is 11.7. The van der Waals surface area contributed by atoms with Crippen LogP contribution in [0.1, 0.15) is 5.69 Å². The summed E-state index contributed by atoms with van der Waals surface area (Å²) in [5.41, 5.74) is 3.48. The van der Waals surface area contributed by atoms with Gasteiger partial charge in [-0.15, -0.1) is 0 Å². The molecule has 0 unspecified atom stereocenters. The van der Waals surface area contributed by atoms with Crippen LogP contribution in [0, 0.1) is 6.92 Å². The number of aromatic nitrogens is 3. The minimum Gasteiger partial charge on any atom is -0.255 e. The molecule has 0 aromatic carbocycles. The van der Waals surface area contributed by atoms with Gasteiger partial charge in [0.15, 0.2) is 5.65 Å². The van der Waals surface area contributed by atoms with E-state index in [9.17, 15) is 0 Å². The van der Waals surface area contributed by atoms with Gasteiger partial charge < -0.3 is 0 Å². The first-order chi connectivity index (χ1) is 8.33. The van der Waals surface area contributed by atoms with Crippen molar-refractivity contribution in [2.75, 3.05) is 0 Å². The normalized spacial score (nSPS) is 10.6. The quantitative estimate of drug-likeness (QED) is 0.634. The highest BCUT2D eigenvalue weighted by Crippen LogP contribution is 2.17. The van der Waals surface area contributed by atoms with Gasteiger partial charge in [-0.2, -0.15) is 0 Å². The van der Waals surface area contributed by atoms with E-state index in [1.807, 2.05) is 49.4 Å². The smallest absolute Gasteiger partial charge is 0.160 e. The molecule has 0 radical (unpaired) electrons. The molecule has 0 atom stereocenters. The third-order valence-corrected chi connectivity index (χ3v) is 2.62. The molecule has 0 spiro atoms. The van der Waals surface area contributed by atoms with E-state index < -0.39 is 0 Å². The summed E-state index contributed by atoms with van der Waals surface area (Å²) in [6.45, 7) is 1.97. The number of rotatable bonds is 1. The fraction of sp³-hybridized carbons (Fsp3) is 0.0714. The van der Waals surface area contributed by atoms with Crippen molar-refractivity contribution in [2.24, 2.45) is 0 Å². The van der Waals surface area contributed by atoms with Gasteiger partial charge in [0.2, 0.25) is 0 Å². The van der Waals surface area contributed by atoms with E-state index in [1.165, 1.54) is 0 Å². The molecule has 0 fully saturated rings. The van der Waals surface area contributed by atoms with E-state index in [0.29, 0.717) is 0 Å². The molecule has 0 bridgehead atoms. The van der Waals surface area contributed by atoms with Gasteiger partial charge in [0, 0.05) is 17.3 Å². The number of fused-ring (bicyclic) bond motifs is 1. The lowest BCUT2D eigenvalue weighted by molar-refractivity contribution is 1.19. The summed E-state index contributed by atoms with van der Waals surface area (Å²) in [4.78, 5) is 13.2. The van der Waals surface area contributed by atoms with Crippen LogP contribution < -0.4 is 0 Å². The van der Waals surface area contributed by atoms with E-state index in [-0.39, 0.29) is 0 Å². The number of aryl methyl sites for hydroxylation is 1. The Bertz CT molecular complexity index is 663. The molecular weight excluding hydrogens is 210 g/mol. The maximum absolute atomic E-state index is 4.53. The van der Waals surface area contributed by atoms with Crippen LogP contribution in [0.15, 0.2) is 48.7 Å². The zero-order valence-corrected chi connectivity index (χ0v) is 9.46. The van der Waals surface area contributed by atoms with Gasteiger partial charge in [0.25, 0.3) is 0 Å². The third-order valence-electron chi connectivity index (χ3n) is 2.62. The Morgan fingerprint density at radius 2 is 1.71 bits per heavy atom. The van der Waals surface area contributed by atoms with Crippen molar-refractivity contribution in [1.82, 2.24) is 15.0 Å². The number of pyridine rings is 3. The molecule has 3 heterocycles. The van der Waals surface area contributed by atoms with Crippen LogP contribution in [0.3, 0.4) is 0 Å². The zero-order valence-electron chi connectivity index (χ0n) is 9.46. The van der Waals surface area contributed by atoms with Crippen LogP contribution in [0.25, 0.3) is 22.4 Å². The molecular formula is C14H11N3. The van der Waals surface area contributed by atoms with E-state index in [0.717, 1.165) is 28.1 Å². The second kappa shape index (κ2) is 3.94. The van der Waals surface area contributed by atoms with Crippen molar-refractivity contribution in [3.63, 3.8) is 0 Å². The molecule has 0 saturated heterocycles. The van der Waals surface area contributed by atoms with Gasteiger partial charge in [0.1, 0.15) is 0 Å². The minimum atomic E-state index is 0.771. The Balaban J connectivity index is 2.19. The van der Waals surface area contributed by atoms with Crippen molar-refractivity contribution >= 4 is 11.0 Å². The molecule has 3 heteroatoms. The second-order valence-electron chi connectivity index (χ2n) is 3.91. The van der Waals surface area contributed by atoms with Gasteiger partial charge in [-0.1, -0.05) is 6.07 Å². The van der Waals surface area contributed by atoms with Gasteiger partial charge in [-0.3, -0.25) is 4.98 Å². The highest BCUT2D eigenvalue weighted by atomic mass is 14.9. The summed E-state index contributed by atoms with van der Waals surface area (Å²) in [5.74, 6) is 0. The number of hydrogen-bond donors (Lipinski definition) is 0. The first kappa shape index (κ1) is 9.90. The van der Waals surface area contributed by atoms with Crippen molar-refractivity contribution in [2.45, 2.75) is 6.92 Å². The predicted octanol–water partition coefficient (Wildman–Crippen LogP) is 3.00. The summed E-state index contributed by atoms with van der Waals surface area (Å²) >= 11 is 0. The molecule has 17 heavy (non-hydrogen) atoms. The SMILES string of the molecule is Cc1ccc2ccc(-c3ccccn3)nc2n1. The Morgan fingerprint density at radius 1 is 0.824 bits per heavy atom. The van der Waals surface area contributed by atoms with Crippen molar-refractivity contribution in [1.29, 1.82) is 0 Å². The molecule has 82 valence electrons. The lowest BCUT2D eigenvalue weighted by Gasteiger charge is -2.02. The monoisotopic (exact) mass is 221 g/mol. The van der Waals surface area contributed by atoms with Gasteiger partial charge in [-0.25, -0.2) is 9.97 Å². The van der Waals surface area contributed by atoms with Gasteiger partial charge in [-0.05, 0) is 43.3 Å². The molecule has 3 nitrogen and oxygen atoms in total. The van der Waals surface area contributed by atoms with Crippen molar-refractivity contribution in [3.8, 4) is 11.4 Å². The molecule has 0 aliphatic heterocycles. The summed E-state index contributed by atoms with van der Waals surface area (Å²) in [6, 6.07) is 13.8. The summed E-state index contributed by atoms with van der Waals surface area (Å²) < 4.78 is 0. The minimum absolute atomic E-state index is 0.771. The summed E-state index contributed by atoms with van der Waals surface area (Å²) in [6.07, 6.45) is 1.77. The first-order valence-corrected chi connectivity index (χ1v) is 5.49. The first-order valence-electron chi connectivity index (χ1n) is 5.49. The largest absolute Gasteiger partial charge is 0.255 e. The average Bonchev–Trinajstić information content (AvgIpc) is 2.39. The predicted molar refractivity (Wildman–Crippen MR) is 67.5 cm³/mol. The van der Waals surface area contributed by atoms with Crippen molar-refractivity contribution in [3.05, 3.63) is 54.4 Å². The van der Waals surface area contributed by atoms with Crippen molar-refractivity contribution < 1.29 is 0 Å². The van der Waals surface area contributed by atoms with Gasteiger partial charge >= 0.3 is 0 Å². The van der Waals surface area contributed by atoms with E-state index in [4.69, 9.17) is 0 Å². The van der Waals surface area contributed by atoms with E-state index in [2.05, 4.69) is 15.0 Å². The molecule has 3 aromatic rings. The fourth-order valence-corrected chi connectivity index (χ4v) is 1.75. The van der Waals surface area contributed by atoms with Crippen LogP contribution >= 0.6 is 0 Å². The maximum Gasteiger partial charge on any atom is 0.160 e. The van der Waals surface area contributed by atoms with Crippen LogP contribution in [0.2, 0.25) is 0 Å².